The van der Waals surface area contributed by atoms with Crippen molar-refractivity contribution >= 4 is 17.4 Å². The molecule has 2 aromatic carbocycles. The van der Waals surface area contributed by atoms with Crippen molar-refractivity contribution in [3.63, 3.8) is 0 Å². The van der Waals surface area contributed by atoms with Gasteiger partial charge in [-0.25, -0.2) is 14.2 Å². The molecule has 0 aliphatic carbocycles. The first-order valence-electron chi connectivity index (χ1n) is 7.85. The molecule has 0 atom stereocenters. The van der Waals surface area contributed by atoms with Crippen LogP contribution in [0, 0.1) is 5.82 Å². The number of carbonyl (C=O) groups excluding carboxylic acids is 1. The molecule has 3 aromatic rings. The van der Waals surface area contributed by atoms with Crippen LogP contribution in [0.1, 0.15) is 11.3 Å². The van der Waals surface area contributed by atoms with Gasteiger partial charge >= 0.3 is 6.09 Å². The van der Waals surface area contributed by atoms with Crippen LogP contribution in [0.25, 0.3) is 10.6 Å². The number of carbonyl (C=O) groups is 1. The van der Waals surface area contributed by atoms with Crippen LogP contribution in [0.15, 0.2) is 60.0 Å². The van der Waals surface area contributed by atoms with Gasteiger partial charge in [0.2, 0.25) is 0 Å². The molecule has 3 rings (SSSR count). The van der Waals surface area contributed by atoms with Crippen molar-refractivity contribution in [1.29, 1.82) is 0 Å². The Hall–Kier alpha value is -2.73. The van der Waals surface area contributed by atoms with E-state index in [1.54, 1.807) is 6.07 Å². The molecule has 0 saturated heterocycles. The SMILES string of the molecule is O=C(NCCc1csc(-c2cccc(F)c2)n1)OCc1ccccc1. The molecule has 0 spiro atoms. The summed E-state index contributed by atoms with van der Waals surface area (Å²) >= 11 is 1.46. The molecule has 0 radical (unpaired) electrons. The first-order valence-corrected chi connectivity index (χ1v) is 8.73. The Morgan fingerprint density at radius 1 is 1.16 bits per heavy atom. The summed E-state index contributed by atoms with van der Waals surface area (Å²) in [4.78, 5) is 16.1. The normalized spacial score (nSPS) is 10.4. The maximum atomic E-state index is 13.3. The highest BCUT2D eigenvalue weighted by atomic mass is 32.1. The Labute approximate surface area is 149 Å². The van der Waals surface area contributed by atoms with Crippen LogP contribution < -0.4 is 5.32 Å². The van der Waals surface area contributed by atoms with Crippen molar-refractivity contribution in [3.8, 4) is 10.6 Å². The number of benzene rings is 2. The van der Waals surface area contributed by atoms with Crippen LogP contribution >= 0.6 is 11.3 Å². The number of ether oxygens (including phenoxy) is 1. The summed E-state index contributed by atoms with van der Waals surface area (Å²) < 4.78 is 18.4. The van der Waals surface area contributed by atoms with E-state index in [9.17, 15) is 9.18 Å². The van der Waals surface area contributed by atoms with E-state index >= 15 is 0 Å². The van der Waals surface area contributed by atoms with E-state index in [1.807, 2.05) is 41.8 Å². The number of rotatable bonds is 6. The van der Waals surface area contributed by atoms with Gasteiger partial charge in [0.15, 0.2) is 0 Å². The first-order chi connectivity index (χ1) is 12.2. The summed E-state index contributed by atoms with van der Waals surface area (Å²) in [6, 6.07) is 15.9. The number of nitrogens with zero attached hydrogens (tertiary/aromatic N) is 1. The molecule has 1 heterocycles. The molecule has 0 fully saturated rings. The Kier molecular flexibility index (Phi) is 5.74. The number of amides is 1. The fourth-order valence-electron chi connectivity index (χ4n) is 2.24. The average Bonchev–Trinajstić information content (AvgIpc) is 3.10. The van der Waals surface area contributed by atoms with Gasteiger partial charge in [-0.2, -0.15) is 0 Å². The highest BCUT2D eigenvalue weighted by molar-refractivity contribution is 7.13. The van der Waals surface area contributed by atoms with Crippen LogP contribution in [0.3, 0.4) is 0 Å². The van der Waals surface area contributed by atoms with Crippen molar-refractivity contribution in [1.82, 2.24) is 10.3 Å². The molecule has 0 unspecified atom stereocenters. The number of alkyl carbamates (subject to hydrolysis) is 1. The van der Waals surface area contributed by atoms with Crippen LogP contribution in [0.4, 0.5) is 9.18 Å². The summed E-state index contributed by atoms with van der Waals surface area (Å²) in [6.07, 6.45) is 0.135. The molecule has 4 nitrogen and oxygen atoms in total. The summed E-state index contributed by atoms with van der Waals surface area (Å²) in [7, 11) is 0. The minimum atomic E-state index is -0.454. The molecule has 0 aliphatic rings. The van der Waals surface area contributed by atoms with Gasteiger partial charge in [-0.1, -0.05) is 42.5 Å². The van der Waals surface area contributed by atoms with Crippen molar-refractivity contribution in [3.05, 3.63) is 77.1 Å². The number of hydrogen-bond donors (Lipinski definition) is 1. The van der Waals surface area contributed by atoms with E-state index in [2.05, 4.69) is 10.3 Å². The maximum Gasteiger partial charge on any atom is 0.407 e. The van der Waals surface area contributed by atoms with Crippen molar-refractivity contribution in [2.24, 2.45) is 0 Å². The molecule has 0 saturated carbocycles. The zero-order valence-corrected chi connectivity index (χ0v) is 14.3. The lowest BCUT2D eigenvalue weighted by Gasteiger charge is -2.06. The highest BCUT2D eigenvalue weighted by Crippen LogP contribution is 2.24. The minimum absolute atomic E-state index is 0.243. The van der Waals surface area contributed by atoms with Gasteiger partial charge in [0.05, 0.1) is 5.69 Å². The number of nitrogens with one attached hydrogen (secondary N) is 1. The molecule has 0 bridgehead atoms. The lowest BCUT2D eigenvalue weighted by molar-refractivity contribution is 0.140. The van der Waals surface area contributed by atoms with E-state index in [0.717, 1.165) is 21.8 Å². The largest absolute Gasteiger partial charge is 0.445 e. The van der Waals surface area contributed by atoms with Gasteiger partial charge in [0.1, 0.15) is 17.4 Å². The summed E-state index contributed by atoms with van der Waals surface area (Å²) in [5, 5.41) is 5.38. The standard InChI is InChI=1S/C19H17FN2O2S/c20-16-8-4-7-15(11-16)18-22-17(13-25-18)9-10-21-19(23)24-12-14-5-2-1-3-6-14/h1-8,11,13H,9-10,12H2,(H,21,23). The summed E-state index contributed by atoms with van der Waals surface area (Å²) in [6.45, 7) is 0.674. The number of thiazole rings is 1. The van der Waals surface area contributed by atoms with Gasteiger partial charge in [-0.3, -0.25) is 0 Å². The molecule has 0 aliphatic heterocycles. The molecule has 6 heteroatoms. The third kappa shape index (κ3) is 5.12. The van der Waals surface area contributed by atoms with Gasteiger partial charge in [-0.15, -0.1) is 11.3 Å². The van der Waals surface area contributed by atoms with E-state index in [0.29, 0.717) is 13.0 Å². The first kappa shape index (κ1) is 17.1. The van der Waals surface area contributed by atoms with E-state index in [4.69, 9.17) is 4.74 Å². The fraction of sp³-hybridized carbons (Fsp3) is 0.158. The Bertz CT molecular complexity index is 836. The number of halogens is 1. The van der Waals surface area contributed by atoms with E-state index in [-0.39, 0.29) is 12.4 Å². The van der Waals surface area contributed by atoms with Crippen molar-refractivity contribution in [2.75, 3.05) is 6.54 Å². The quantitative estimate of drug-likeness (QED) is 0.711. The van der Waals surface area contributed by atoms with Gasteiger partial charge in [-0.05, 0) is 17.7 Å². The third-order valence-corrected chi connectivity index (χ3v) is 4.43. The predicted octanol–water partition coefficient (Wildman–Crippen LogP) is 4.42. The van der Waals surface area contributed by atoms with Crippen LogP contribution in [0.2, 0.25) is 0 Å². The number of hydrogen-bond acceptors (Lipinski definition) is 4. The lowest BCUT2D eigenvalue weighted by Crippen LogP contribution is -2.26. The van der Waals surface area contributed by atoms with Crippen LogP contribution in [-0.4, -0.2) is 17.6 Å². The van der Waals surface area contributed by atoms with E-state index in [1.165, 1.54) is 23.5 Å². The second kappa shape index (κ2) is 8.39. The van der Waals surface area contributed by atoms with Gasteiger partial charge in [0, 0.05) is 23.9 Å². The molecule has 1 N–H and O–H groups in total. The van der Waals surface area contributed by atoms with Crippen molar-refractivity contribution in [2.45, 2.75) is 13.0 Å². The van der Waals surface area contributed by atoms with Crippen LogP contribution in [-0.2, 0) is 17.8 Å². The molecular weight excluding hydrogens is 339 g/mol. The van der Waals surface area contributed by atoms with Gasteiger partial charge < -0.3 is 10.1 Å². The number of aromatic nitrogens is 1. The highest BCUT2D eigenvalue weighted by Gasteiger charge is 2.07. The maximum absolute atomic E-state index is 13.3. The molecule has 25 heavy (non-hydrogen) atoms. The monoisotopic (exact) mass is 356 g/mol. The molecule has 1 aromatic heterocycles. The topological polar surface area (TPSA) is 51.2 Å². The zero-order valence-electron chi connectivity index (χ0n) is 13.4. The average molecular weight is 356 g/mol. The molecule has 128 valence electrons. The van der Waals surface area contributed by atoms with Gasteiger partial charge in [0.25, 0.3) is 0 Å². The molecule has 1 amide bonds. The van der Waals surface area contributed by atoms with Crippen LogP contribution in [0.5, 0.6) is 0 Å². The second-order valence-electron chi connectivity index (χ2n) is 5.39. The lowest BCUT2D eigenvalue weighted by atomic mass is 10.2. The Balaban J connectivity index is 1.44. The summed E-state index contributed by atoms with van der Waals surface area (Å²) in [5.41, 5.74) is 2.55. The Morgan fingerprint density at radius 3 is 2.80 bits per heavy atom. The smallest absolute Gasteiger partial charge is 0.407 e. The third-order valence-electron chi connectivity index (χ3n) is 3.49. The Morgan fingerprint density at radius 2 is 2.00 bits per heavy atom. The predicted molar refractivity (Wildman–Crippen MR) is 95.8 cm³/mol. The fourth-order valence-corrected chi connectivity index (χ4v) is 3.09. The molecular formula is C19H17FN2O2S. The van der Waals surface area contributed by atoms with E-state index < -0.39 is 6.09 Å². The minimum Gasteiger partial charge on any atom is -0.445 e. The zero-order chi connectivity index (χ0) is 17.5. The summed E-state index contributed by atoms with van der Waals surface area (Å²) in [5.74, 6) is -0.280. The van der Waals surface area contributed by atoms with Crippen molar-refractivity contribution < 1.29 is 13.9 Å². The second-order valence-corrected chi connectivity index (χ2v) is 6.25.